The van der Waals surface area contributed by atoms with E-state index < -0.39 is 0 Å². The first-order valence-electron chi connectivity index (χ1n) is 8.95. The summed E-state index contributed by atoms with van der Waals surface area (Å²) in [5, 5.41) is 26.8. The number of hydrogen-bond acceptors (Lipinski definition) is 4. The Morgan fingerprint density at radius 2 is 0.926 bits per heavy atom. The third-order valence-electron chi connectivity index (χ3n) is 5.19. The van der Waals surface area contributed by atoms with E-state index in [9.17, 15) is 10.4 Å². The van der Waals surface area contributed by atoms with Gasteiger partial charge in [-0.15, -0.1) is 0 Å². The summed E-state index contributed by atoms with van der Waals surface area (Å²) in [6.07, 6.45) is 0. The minimum absolute atomic E-state index is 0.0640. The average Bonchev–Trinajstić information content (AvgIpc) is 3.46. The third kappa shape index (κ3) is 3.22. The Labute approximate surface area is 158 Å². The van der Waals surface area contributed by atoms with Crippen molar-refractivity contribution in [3.63, 3.8) is 0 Å². The predicted molar refractivity (Wildman–Crippen MR) is 106 cm³/mol. The molecule has 0 aromatic heterocycles. The van der Waals surface area contributed by atoms with Crippen LogP contribution in [0.4, 0.5) is 0 Å². The Morgan fingerprint density at radius 3 is 1.30 bits per heavy atom. The van der Waals surface area contributed by atoms with Gasteiger partial charge in [-0.3, -0.25) is 0 Å². The van der Waals surface area contributed by atoms with Gasteiger partial charge in [0.1, 0.15) is 0 Å². The van der Waals surface area contributed by atoms with Crippen LogP contribution in [0.2, 0.25) is 0 Å². The van der Waals surface area contributed by atoms with Crippen LogP contribution in [-0.2, 0) is 0 Å². The summed E-state index contributed by atoms with van der Waals surface area (Å²) in [6, 6.07) is 29.4. The Kier molecular flexibility index (Phi) is 4.71. The molecule has 1 aliphatic carbocycles. The molecule has 4 nitrogen and oxygen atoms in total. The molecule has 0 bridgehead atoms. The van der Waals surface area contributed by atoms with Crippen molar-refractivity contribution in [2.75, 3.05) is 0 Å². The third-order valence-corrected chi connectivity index (χ3v) is 5.19. The summed E-state index contributed by atoms with van der Waals surface area (Å²) in [5.74, 6) is -0.0415. The maximum absolute atomic E-state index is 9.78. The van der Waals surface area contributed by atoms with Crippen molar-refractivity contribution in [3.8, 4) is 0 Å². The zero-order valence-corrected chi connectivity index (χ0v) is 14.7. The highest BCUT2D eigenvalue weighted by atomic mass is 16.4. The van der Waals surface area contributed by atoms with Crippen LogP contribution in [0.5, 0.6) is 0 Å². The van der Waals surface area contributed by atoms with Crippen LogP contribution >= 0.6 is 0 Å². The second-order valence-electron chi connectivity index (χ2n) is 6.69. The molecule has 1 aliphatic rings. The van der Waals surface area contributed by atoms with E-state index in [-0.39, 0.29) is 17.8 Å². The van der Waals surface area contributed by atoms with Crippen molar-refractivity contribution >= 4 is 11.4 Å². The highest BCUT2D eigenvalue weighted by Gasteiger charge is 2.57. The molecule has 3 aromatic carbocycles. The lowest BCUT2D eigenvalue weighted by Gasteiger charge is -2.06. The molecule has 4 rings (SSSR count). The van der Waals surface area contributed by atoms with E-state index >= 15 is 0 Å². The fourth-order valence-electron chi connectivity index (χ4n) is 3.93. The molecule has 0 amide bonds. The summed E-state index contributed by atoms with van der Waals surface area (Å²) in [7, 11) is 0. The minimum Gasteiger partial charge on any atom is -0.411 e. The standard InChI is InChI=1S/C23H20N2O2/c26-24-22(17-12-6-2-7-13-17)20-19(16-10-4-1-5-11-16)21(20)23(25-27)18-14-8-3-9-15-18/h1-15,19-21,26-27H/b24-22+,25-23+. The lowest BCUT2D eigenvalue weighted by atomic mass is 10.0. The molecule has 1 saturated carbocycles. The molecule has 0 radical (unpaired) electrons. The fourth-order valence-corrected chi connectivity index (χ4v) is 3.93. The molecular weight excluding hydrogens is 336 g/mol. The van der Waals surface area contributed by atoms with Gasteiger partial charge in [-0.25, -0.2) is 0 Å². The lowest BCUT2D eigenvalue weighted by molar-refractivity contribution is 0.315. The second kappa shape index (κ2) is 7.46. The van der Waals surface area contributed by atoms with Gasteiger partial charge in [0.25, 0.3) is 0 Å². The maximum atomic E-state index is 9.78. The number of benzene rings is 3. The predicted octanol–water partition coefficient (Wildman–Crippen LogP) is 4.77. The molecule has 0 spiro atoms. The number of nitrogens with zero attached hydrogens (tertiary/aromatic N) is 2. The Morgan fingerprint density at radius 1 is 0.556 bits per heavy atom. The quantitative estimate of drug-likeness (QED) is 0.393. The fraction of sp³-hybridized carbons (Fsp3) is 0.130. The van der Waals surface area contributed by atoms with Gasteiger partial charge in [-0.2, -0.15) is 0 Å². The van der Waals surface area contributed by atoms with Crippen molar-refractivity contribution in [3.05, 3.63) is 108 Å². The largest absolute Gasteiger partial charge is 0.411 e. The molecule has 3 aromatic rings. The summed E-state index contributed by atoms with van der Waals surface area (Å²) < 4.78 is 0. The molecule has 2 atom stereocenters. The zero-order valence-electron chi connectivity index (χ0n) is 14.7. The molecule has 0 heterocycles. The molecule has 27 heavy (non-hydrogen) atoms. The van der Waals surface area contributed by atoms with E-state index in [0.717, 1.165) is 16.7 Å². The molecule has 4 heteroatoms. The van der Waals surface area contributed by atoms with Gasteiger partial charge in [-0.1, -0.05) is 101 Å². The molecule has 2 unspecified atom stereocenters. The van der Waals surface area contributed by atoms with Crippen LogP contribution in [0.3, 0.4) is 0 Å². The lowest BCUT2D eigenvalue weighted by Crippen LogP contribution is -2.11. The topological polar surface area (TPSA) is 65.2 Å². The zero-order chi connectivity index (χ0) is 18.6. The van der Waals surface area contributed by atoms with Gasteiger partial charge in [0.2, 0.25) is 0 Å². The van der Waals surface area contributed by atoms with Crippen molar-refractivity contribution in [2.24, 2.45) is 22.1 Å². The minimum atomic E-state index is -0.0640. The first-order chi connectivity index (χ1) is 13.3. The van der Waals surface area contributed by atoms with Crippen LogP contribution in [0.25, 0.3) is 0 Å². The smallest absolute Gasteiger partial charge is 0.0911 e. The van der Waals surface area contributed by atoms with E-state index in [1.807, 2.05) is 78.9 Å². The molecule has 1 fully saturated rings. The molecule has 0 aliphatic heterocycles. The summed E-state index contributed by atoms with van der Waals surface area (Å²) >= 11 is 0. The van der Waals surface area contributed by atoms with Crippen LogP contribution in [-0.4, -0.2) is 21.8 Å². The molecular formula is C23H20N2O2. The van der Waals surface area contributed by atoms with Gasteiger partial charge in [-0.05, 0) is 16.7 Å². The van der Waals surface area contributed by atoms with Crippen LogP contribution in [0.1, 0.15) is 22.6 Å². The summed E-state index contributed by atoms with van der Waals surface area (Å²) in [5.41, 5.74) is 4.12. The van der Waals surface area contributed by atoms with Gasteiger partial charge in [0.15, 0.2) is 0 Å². The van der Waals surface area contributed by atoms with Crippen molar-refractivity contribution in [1.82, 2.24) is 0 Å². The van der Waals surface area contributed by atoms with Gasteiger partial charge in [0.05, 0.1) is 11.4 Å². The van der Waals surface area contributed by atoms with E-state index in [4.69, 9.17) is 0 Å². The second-order valence-corrected chi connectivity index (χ2v) is 6.69. The molecule has 2 N–H and O–H groups in total. The number of oxime groups is 2. The summed E-state index contributed by atoms with van der Waals surface area (Å²) in [4.78, 5) is 0. The monoisotopic (exact) mass is 356 g/mol. The van der Waals surface area contributed by atoms with Crippen LogP contribution < -0.4 is 0 Å². The van der Waals surface area contributed by atoms with Crippen molar-refractivity contribution in [2.45, 2.75) is 5.92 Å². The normalized spacial score (nSPS) is 22.4. The Bertz CT molecular complexity index is 892. The summed E-state index contributed by atoms with van der Waals surface area (Å²) in [6.45, 7) is 0. The van der Waals surface area contributed by atoms with Crippen molar-refractivity contribution < 1.29 is 10.4 Å². The van der Waals surface area contributed by atoms with Crippen LogP contribution in [0.15, 0.2) is 101 Å². The first-order valence-corrected chi connectivity index (χ1v) is 8.95. The van der Waals surface area contributed by atoms with E-state index in [1.54, 1.807) is 0 Å². The molecule has 134 valence electrons. The highest BCUT2D eigenvalue weighted by molar-refractivity contribution is 6.13. The van der Waals surface area contributed by atoms with Gasteiger partial charge in [0, 0.05) is 17.8 Å². The maximum Gasteiger partial charge on any atom is 0.0911 e. The Balaban J connectivity index is 1.76. The Hall–Kier alpha value is -3.40. The van der Waals surface area contributed by atoms with Crippen molar-refractivity contribution in [1.29, 1.82) is 0 Å². The average molecular weight is 356 g/mol. The van der Waals surface area contributed by atoms with E-state index in [2.05, 4.69) is 22.4 Å². The molecule has 0 saturated heterocycles. The van der Waals surface area contributed by atoms with Crippen LogP contribution in [0, 0.1) is 11.8 Å². The van der Waals surface area contributed by atoms with E-state index in [1.165, 1.54) is 0 Å². The first kappa shape index (κ1) is 17.0. The van der Waals surface area contributed by atoms with E-state index in [0.29, 0.717) is 11.4 Å². The number of hydrogen-bond donors (Lipinski definition) is 2. The SMILES string of the molecule is O/N=C(\c1ccccc1)C1C(/C(=N/O)c2ccccc2)C1c1ccccc1. The number of rotatable bonds is 5. The van der Waals surface area contributed by atoms with Gasteiger partial charge >= 0.3 is 0 Å². The highest BCUT2D eigenvalue weighted by Crippen LogP contribution is 2.57. The van der Waals surface area contributed by atoms with Gasteiger partial charge < -0.3 is 10.4 Å².